The number of rotatable bonds is 4. The molecule has 7 heteroatoms. The Morgan fingerprint density at radius 1 is 1.36 bits per heavy atom. The molecule has 0 radical (unpaired) electrons. The highest BCUT2D eigenvalue weighted by Crippen LogP contribution is 2.21. The predicted octanol–water partition coefficient (Wildman–Crippen LogP) is 1.81. The molecule has 1 aliphatic heterocycles. The maximum Gasteiger partial charge on any atom is 0.272 e. The average molecular weight is 344 g/mol. The number of carbonyl (C=O) groups is 2. The van der Waals surface area contributed by atoms with Crippen molar-refractivity contribution >= 4 is 11.8 Å². The van der Waals surface area contributed by atoms with Gasteiger partial charge < -0.3 is 10.2 Å². The minimum Gasteiger partial charge on any atom is -0.348 e. The number of amides is 2. The molecule has 2 aromatic rings. The Balaban J connectivity index is 1.74. The van der Waals surface area contributed by atoms with Gasteiger partial charge in [0.15, 0.2) is 5.69 Å². The molecule has 0 saturated heterocycles. The third kappa shape index (κ3) is 3.70. The molecular weight excluding hydrogens is 323 g/mol. The van der Waals surface area contributed by atoms with Crippen molar-refractivity contribution in [2.75, 3.05) is 6.54 Å². The molecule has 25 heavy (non-hydrogen) atoms. The van der Waals surface area contributed by atoms with E-state index in [1.165, 1.54) is 6.07 Å². The highest BCUT2D eigenvalue weighted by atomic mass is 19.1. The number of hydrogen-bond donors (Lipinski definition) is 2. The second-order valence-corrected chi connectivity index (χ2v) is 6.49. The third-order valence-corrected chi connectivity index (χ3v) is 4.22. The van der Waals surface area contributed by atoms with Crippen molar-refractivity contribution in [2.45, 2.75) is 39.3 Å². The number of fused-ring (bicyclic) bond motifs is 1. The molecule has 1 aromatic carbocycles. The number of hydrogen-bond acceptors (Lipinski definition) is 3. The van der Waals surface area contributed by atoms with Crippen LogP contribution < -0.4 is 5.32 Å². The highest BCUT2D eigenvalue weighted by molar-refractivity contribution is 5.94. The van der Waals surface area contributed by atoms with E-state index in [1.807, 2.05) is 13.8 Å². The van der Waals surface area contributed by atoms with E-state index in [0.29, 0.717) is 30.8 Å². The third-order valence-electron chi connectivity index (χ3n) is 4.22. The number of nitrogens with one attached hydrogen (secondary N) is 2. The van der Waals surface area contributed by atoms with Gasteiger partial charge in [0.1, 0.15) is 5.82 Å². The van der Waals surface area contributed by atoms with Gasteiger partial charge >= 0.3 is 0 Å². The van der Waals surface area contributed by atoms with E-state index in [1.54, 1.807) is 23.1 Å². The van der Waals surface area contributed by atoms with E-state index in [0.717, 1.165) is 11.3 Å². The molecule has 3 rings (SSSR count). The Morgan fingerprint density at radius 3 is 2.84 bits per heavy atom. The smallest absolute Gasteiger partial charge is 0.272 e. The number of halogens is 1. The Bertz CT molecular complexity index is 800. The zero-order valence-corrected chi connectivity index (χ0v) is 14.3. The lowest BCUT2D eigenvalue weighted by Gasteiger charge is -2.27. The van der Waals surface area contributed by atoms with Crippen LogP contribution in [0.4, 0.5) is 4.39 Å². The van der Waals surface area contributed by atoms with Crippen molar-refractivity contribution in [1.29, 1.82) is 0 Å². The number of carbonyl (C=O) groups excluding carboxylic acids is 2. The van der Waals surface area contributed by atoms with Gasteiger partial charge in [0.2, 0.25) is 5.91 Å². The van der Waals surface area contributed by atoms with Crippen LogP contribution in [-0.2, 0) is 24.2 Å². The normalized spacial score (nSPS) is 13.7. The first-order valence-electron chi connectivity index (χ1n) is 8.34. The Labute approximate surface area is 145 Å². The van der Waals surface area contributed by atoms with Crippen molar-refractivity contribution in [2.24, 2.45) is 0 Å². The minimum atomic E-state index is -0.381. The molecule has 2 N–H and O–H groups in total. The van der Waals surface area contributed by atoms with Crippen LogP contribution in [0.3, 0.4) is 0 Å². The van der Waals surface area contributed by atoms with Gasteiger partial charge in [-0.15, -0.1) is 0 Å². The molecular formula is C18H21FN4O2. The zero-order valence-electron chi connectivity index (χ0n) is 14.3. The molecule has 2 heterocycles. The van der Waals surface area contributed by atoms with Crippen molar-refractivity contribution in [3.8, 4) is 0 Å². The number of H-pyrrole nitrogens is 1. The van der Waals surface area contributed by atoms with Gasteiger partial charge in [-0.05, 0) is 25.5 Å². The summed E-state index contributed by atoms with van der Waals surface area (Å²) in [6.45, 7) is 4.58. The van der Waals surface area contributed by atoms with Crippen LogP contribution in [-0.4, -0.2) is 39.5 Å². The first-order chi connectivity index (χ1) is 12.0. The fraction of sp³-hybridized carbons (Fsp3) is 0.389. The van der Waals surface area contributed by atoms with Gasteiger partial charge in [0, 0.05) is 36.8 Å². The SMILES string of the molecule is CC(C)NC(=O)c1n[nH]c2c1CN(C(=O)Cc1ccccc1F)CC2. The lowest BCUT2D eigenvalue weighted by Crippen LogP contribution is -2.38. The number of benzene rings is 1. The van der Waals surface area contributed by atoms with E-state index in [2.05, 4.69) is 15.5 Å². The van der Waals surface area contributed by atoms with Gasteiger partial charge in [-0.3, -0.25) is 14.7 Å². The molecule has 0 bridgehead atoms. The molecule has 1 aliphatic rings. The van der Waals surface area contributed by atoms with Crippen molar-refractivity contribution in [3.63, 3.8) is 0 Å². The number of nitrogens with zero attached hydrogens (tertiary/aromatic N) is 2. The molecule has 6 nitrogen and oxygen atoms in total. The number of aromatic amines is 1. The van der Waals surface area contributed by atoms with Gasteiger partial charge in [0.25, 0.3) is 5.91 Å². The second-order valence-electron chi connectivity index (χ2n) is 6.49. The summed E-state index contributed by atoms with van der Waals surface area (Å²) in [4.78, 5) is 26.4. The van der Waals surface area contributed by atoms with Gasteiger partial charge in [-0.1, -0.05) is 18.2 Å². The standard InChI is InChI=1S/C18H21FN4O2/c1-11(2)20-18(25)17-13-10-23(8-7-15(13)21-22-17)16(24)9-12-5-3-4-6-14(12)19/h3-6,11H,7-10H2,1-2H3,(H,20,25)(H,21,22). The lowest BCUT2D eigenvalue weighted by molar-refractivity contribution is -0.131. The first kappa shape index (κ1) is 17.1. The highest BCUT2D eigenvalue weighted by Gasteiger charge is 2.28. The molecule has 0 spiro atoms. The van der Waals surface area contributed by atoms with E-state index >= 15 is 0 Å². The first-order valence-corrected chi connectivity index (χ1v) is 8.34. The summed E-state index contributed by atoms with van der Waals surface area (Å²) >= 11 is 0. The minimum absolute atomic E-state index is 0.00207. The molecule has 0 fully saturated rings. The van der Waals surface area contributed by atoms with Crippen molar-refractivity contribution in [3.05, 3.63) is 52.6 Å². The molecule has 2 amide bonds. The van der Waals surface area contributed by atoms with Crippen LogP contribution in [0.25, 0.3) is 0 Å². The van der Waals surface area contributed by atoms with E-state index in [9.17, 15) is 14.0 Å². The van der Waals surface area contributed by atoms with E-state index in [4.69, 9.17) is 0 Å². The van der Waals surface area contributed by atoms with Crippen molar-refractivity contribution < 1.29 is 14.0 Å². The van der Waals surface area contributed by atoms with Crippen LogP contribution in [0, 0.1) is 5.82 Å². The van der Waals surface area contributed by atoms with Gasteiger partial charge in [-0.25, -0.2) is 4.39 Å². The van der Waals surface area contributed by atoms with Crippen LogP contribution >= 0.6 is 0 Å². The van der Waals surface area contributed by atoms with E-state index < -0.39 is 0 Å². The molecule has 1 aromatic heterocycles. The fourth-order valence-electron chi connectivity index (χ4n) is 2.94. The maximum absolute atomic E-state index is 13.8. The monoisotopic (exact) mass is 344 g/mol. The molecule has 0 unspecified atom stereocenters. The predicted molar refractivity (Wildman–Crippen MR) is 90.4 cm³/mol. The summed E-state index contributed by atoms with van der Waals surface area (Å²) in [6.07, 6.45) is 0.605. The molecule has 0 aliphatic carbocycles. The van der Waals surface area contributed by atoms with E-state index in [-0.39, 0.29) is 30.1 Å². The number of aromatic nitrogens is 2. The van der Waals surface area contributed by atoms with Crippen LogP contribution in [0.1, 0.15) is 41.2 Å². The summed E-state index contributed by atoms with van der Waals surface area (Å²) in [5.74, 6) is -0.795. The largest absolute Gasteiger partial charge is 0.348 e. The molecule has 0 atom stereocenters. The Morgan fingerprint density at radius 2 is 2.12 bits per heavy atom. The summed E-state index contributed by atoms with van der Waals surface area (Å²) < 4.78 is 13.8. The van der Waals surface area contributed by atoms with Crippen LogP contribution in [0.5, 0.6) is 0 Å². The summed E-state index contributed by atoms with van der Waals surface area (Å²) in [5, 5.41) is 9.81. The van der Waals surface area contributed by atoms with Crippen LogP contribution in [0.15, 0.2) is 24.3 Å². The quantitative estimate of drug-likeness (QED) is 0.888. The Hall–Kier alpha value is -2.70. The topological polar surface area (TPSA) is 78.1 Å². The average Bonchev–Trinajstić information content (AvgIpc) is 2.99. The summed E-state index contributed by atoms with van der Waals surface area (Å²) in [5.41, 5.74) is 2.32. The summed E-state index contributed by atoms with van der Waals surface area (Å²) in [7, 11) is 0. The maximum atomic E-state index is 13.8. The van der Waals surface area contributed by atoms with Crippen molar-refractivity contribution in [1.82, 2.24) is 20.4 Å². The van der Waals surface area contributed by atoms with Gasteiger partial charge in [-0.2, -0.15) is 5.10 Å². The zero-order chi connectivity index (χ0) is 18.0. The van der Waals surface area contributed by atoms with Gasteiger partial charge in [0.05, 0.1) is 6.42 Å². The van der Waals surface area contributed by atoms with Crippen LogP contribution in [0.2, 0.25) is 0 Å². The Kier molecular flexibility index (Phi) is 4.83. The molecule has 0 saturated carbocycles. The summed E-state index contributed by atoms with van der Waals surface area (Å²) in [6, 6.07) is 6.28. The second kappa shape index (κ2) is 7.04. The lowest BCUT2D eigenvalue weighted by atomic mass is 10.0. The fourth-order valence-corrected chi connectivity index (χ4v) is 2.94. The molecule has 132 valence electrons.